The van der Waals surface area contributed by atoms with Crippen molar-refractivity contribution >= 4 is 5.97 Å². The predicted molar refractivity (Wildman–Crippen MR) is 51.6 cm³/mol. The molecule has 0 aliphatic heterocycles. The number of benzene rings is 1. The Hall–Kier alpha value is -1.38. The van der Waals surface area contributed by atoms with Crippen LogP contribution in [-0.2, 0) is 4.74 Å². The van der Waals surface area contributed by atoms with Crippen molar-refractivity contribution in [3.05, 3.63) is 35.6 Å². The van der Waals surface area contributed by atoms with E-state index in [9.17, 15) is 9.18 Å². The fraction of sp³-hybridized carbons (Fsp3) is 0.364. The molecule has 2 nitrogen and oxygen atoms in total. The van der Waals surface area contributed by atoms with Crippen LogP contribution in [0.15, 0.2) is 24.3 Å². The molecule has 0 amide bonds. The lowest BCUT2D eigenvalue weighted by Crippen LogP contribution is -2.15. The maximum Gasteiger partial charge on any atom is 0.341 e. The molecule has 0 saturated carbocycles. The van der Waals surface area contributed by atoms with Gasteiger partial charge >= 0.3 is 5.97 Å². The Bertz CT molecular complexity index is 323. The second-order valence-electron chi connectivity index (χ2n) is 3.10. The van der Waals surface area contributed by atoms with Crippen LogP contribution in [0.2, 0.25) is 0 Å². The second-order valence-corrected chi connectivity index (χ2v) is 3.10. The molecule has 1 aromatic carbocycles. The largest absolute Gasteiger partial charge is 0.459 e. The van der Waals surface area contributed by atoms with Crippen LogP contribution < -0.4 is 0 Å². The molecule has 3 heteroatoms. The molecule has 0 heterocycles. The monoisotopic (exact) mass is 196 g/mol. The van der Waals surface area contributed by atoms with Crippen LogP contribution in [0, 0.1) is 5.82 Å². The molecule has 0 radical (unpaired) electrons. The smallest absolute Gasteiger partial charge is 0.341 e. The molecule has 14 heavy (non-hydrogen) atoms. The van der Waals surface area contributed by atoms with Crippen molar-refractivity contribution in [3.63, 3.8) is 0 Å². The number of carbonyl (C=O) groups excluding carboxylic acids is 1. The number of hydrogen-bond acceptors (Lipinski definition) is 2. The summed E-state index contributed by atoms with van der Waals surface area (Å²) in [6, 6.07) is 5.80. The van der Waals surface area contributed by atoms with Crippen LogP contribution in [0.3, 0.4) is 0 Å². The number of halogens is 1. The Kier molecular flexibility index (Phi) is 3.63. The Morgan fingerprint density at radius 3 is 2.71 bits per heavy atom. The molecular weight excluding hydrogens is 183 g/mol. The minimum atomic E-state index is -0.600. The standard InChI is InChI=1S/C11H13FO2/c1-3-8(2)14-11(13)9-6-4-5-7-10(9)12/h4-8H,3H2,1-2H3. The molecule has 1 rings (SSSR count). The van der Waals surface area contributed by atoms with E-state index in [1.54, 1.807) is 13.0 Å². The first-order valence-corrected chi connectivity index (χ1v) is 4.60. The number of carbonyl (C=O) groups is 1. The van der Waals surface area contributed by atoms with Gasteiger partial charge in [0, 0.05) is 0 Å². The molecule has 0 N–H and O–H groups in total. The van der Waals surface area contributed by atoms with Gasteiger partial charge in [-0.2, -0.15) is 0 Å². The molecule has 76 valence electrons. The highest BCUT2D eigenvalue weighted by Gasteiger charge is 2.14. The highest BCUT2D eigenvalue weighted by molar-refractivity contribution is 5.89. The average Bonchev–Trinajstić information content (AvgIpc) is 2.18. The van der Waals surface area contributed by atoms with Crippen LogP contribution in [0.5, 0.6) is 0 Å². The van der Waals surface area contributed by atoms with Gasteiger partial charge in [-0.1, -0.05) is 19.1 Å². The van der Waals surface area contributed by atoms with Crippen molar-refractivity contribution in [3.8, 4) is 0 Å². The lowest BCUT2D eigenvalue weighted by molar-refractivity contribution is 0.0329. The summed E-state index contributed by atoms with van der Waals surface area (Å²) in [5.74, 6) is -1.14. The van der Waals surface area contributed by atoms with E-state index >= 15 is 0 Å². The van der Waals surface area contributed by atoms with Gasteiger partial charge in [-0.15, -0.1) is 0 Å². The first-order chi connectivity index (χ1) is 6.65. The number of rotatable bonds is 3. The third-order valence-corrected chi connectivity index (χ3v) is 1.98. The van der Waals surface area contributed by atoms with Gasteiger partial charge < -0.3 is 4.74 Å². The molecule has 1 aromatic rings. The Morgan fingerprint density at radius 1 is 1.50 bits per heavy atom. The Balaban J connectivity index is 2.75. The third-order valence-electron chi connectivity index (χ3n) is 1.98. The van der Waals surface area contributed by atoms with Gasteiger partial charge in [0.2, 0.25) is 0 Å². The summed E-state index contributed by atoms with van der Waals surface area (Å²) in [6.45, 7) is 3.68. The van der Waals surface area contributed by atoms with Gasteiger partial charge in [-0.05, 0) is 25.5 Å². The number of ether oxygens (including phenoxy) is 1. The molecule has 0 aromatic heterocycles. The van der Waals surface area contributed by atoms with E-state index in [4.69, 9.17) is 4.74 Å². The normalized spacial score (nSPS) is 12.2. The van der Waals surface area contributed by atoms with Crippen molar-refractivity contribution < 1.29 is 13.9 Å². The summed E-state index contributed by atoms with van der Waals surface area (Å²) in [6.07, 6.45) is 0.544. The highest BCUT2D eigenvalue weighted by Crippen LogP contribution is 2.09. The minimum Gasteiger partial charge on any atom is -0.459 e. The summed E-state index contributed by atoms with van der Waals surface area (Å²) in [4.78, 5) is 11.4. The van der Waals surface area contributed by atoms with Crippen LogP contribution >= 0.6 is 0 Å². The van der Waals surface area contributed by atoms with Crippen molar-refractivity contribution in [2.45, 2.75) is 26.4 Å². The first-order valence-electron chi connectivity index (χ1n) is 4.60. The molecule has 0 fully saturated rings. The van der Waals surface area contributed by atoms with Crippen LogP contribution in [0.1, 0.15) is 30.6 Å². The van der Waals surface area contributed by atoms with Gasteiger partial charge in [0.15, 0.2) is 0 Å². The average molecular weight is 196 g/mol. The maximum atomic E-state index is 13.1. The SMILES string of the molecule is CCC(C)OC(=O)c1ccccc1F. The quantitative estimate of drug-likeness (QED) is 0.695. The van der Waals surface area contributed by atoms with Gasteiger partial charge in [0.05, 0.1) is 11.7 Å². The summed E-state index contributed by atoms with van der Waals surface area (Å²) >= 11 is 0. The summed E-state index contributed by atoms with van der Waals surface area (Å²) in [5, 5.41) is 0. The Morgan fingerprint density at radius 2 is 2.14 bits per heavy atom. The van der Waals surface area contributed by atoms with Gasteiger partial charge in [-0.25, -0.2) is 9.18 Å². The zero-order valence-corrected chi connectivity index (χ0v) is 8.29. The number of esters is 1. The molecule has 0 bridgehead atoms. The topological polar surface area (TPSA) is 26.3 Å². The first kappa shape index (κ1) is 10.7. The van der Waals surface area contributed by atoms with E-state index < -0.39 is 11.8 Å². The number of hydrogen-bond donors (Lipinski definition) is 0. The molecule has 0 spiro atoms. The summed E-state index contributed by atoms with van der Waals surface area (Å²) < 4.78 is 18.1. The summed E-state index contributed by atoms with van der Waals surface area (Å²) in [5.41, 5.74) is -0.00667. The van der Waals surface area contributed by atoms with E-state index in [0.29, 0.717) is 0 Å². The zero-order valence-electron chi connectivity index (χ0n) is 8.29. The van der Waals surface area contributed by atoms with E-state index in [1.807, 2.05) is 6.92 Å². The van der Waals surface area contributed by atoms with Gasteiger partial charge in [0.25, 0.3) is 0 Å². The van der Waals surface area contributed by atoms with Crippen molar-refractivity contribution in [1.82, 2.24) is 0 Å². The molecule has 1 atom stereocenters. The van der Waals surface area contributed by atoms with E-state index in [1.165, 1.54) is 18.2 Å². The van der Waals surface area contributed by atoms with E-state index in [0.717, 1.165) is 6.42 Å². The Labute approximate surface area is 82.7 Å². The predicted octanol–water partition coefficient (Wildman–Crippen LogP) is 2.78. The molecule has 0 saturated heterocycles. The zero-order chi connectivity index (χ0) is 10.6. The van der Waals surface area contributed by atoms with Crippen LogP contribution in [-0.4, -0.2) is 12.1 Å². The molecular formula is C11H13FO2. The van der Waals surface area contributed by atoms with Crippen molar-refractivity contribution in [2.75, 3.05) is 0 Å². The van der Waals surface area contributed by atoms with Gasteiger partial charge in [0.1, 0.15) is 5.82 Å². The highest BCUT2D eigenvalue weighted by atomic mass is 19.1. The molecule has 0 aliphatic carbocycles. The van der Waals surface area contributed by atoms with E-state index in [2.05, 4.69) is 0 Å². The second kappa shape index (κ2) is 4.74. The van der Waals surface area contributed by atoms with Crippen molar-refractivity contribution in [2.24, 2.45) is 0 Å². The lowest BCUT2D eigenvalue weighted by Gasteiger charge is -2.10. The van der Waals surface area contributed by atoms with Crippen LogP contribution in [0.25, 0.3) is 0 Å². The minimum absolute atomic E-state index is 0.00667. The maximum absolute atomic E-state index is 13.1. The van der Waals surface area contributed by atoms with E-state index in [-0.39, 0.29) is 11.7 Å². The van der Waals surface area contributed by atoms with Gasteiger partial charge in [-0.3, -0.25) is 0 Å². The summed E-state index contributed by atoms with van der Waals surface area (Å²) in [7, 11) is 0. The fourth-order valence-corrected chi connectivity index (χ4v) is 0.956. The lowest BCUT2D eigenvalue weighted by atomic mass is 10.2. The molecule has 0 aliphatic rings. The third kappa shape index (κ3) is 2.55. The van der Waals surface area contributed by atoms with Crippen molar-refractivity contribution in [1.29, 1.82) is 0 Å². The fourth-order valence-electron chi connectivity index (χ4n) is 0.956. The van der Waals surface area contributed by atoms with Crippen LogP contribution in [0.4, 0.5) is 4.39 Å². The molecule has 1 unspecified atom stereocenters.